The summed E-state index contributed by atoms with van der Waals surface area (Å²) in [4.78, 5) is 4.54. The van der Waals surface area contributed by atoms with Gasteiger partial charge in [-0.15, -0.1) is 0 Å². The lowest BCUT2D eigenvalue weighted by Crippen LogP contribution is -2.37. The summed E-state index contributed by atoms with van der Waals surface area (Å²) >= 11 is 0. The van der Waals surface area contributed by atoms with Crippen molar-refractivity contribution in [3.63, 3.8) is 0 Å². The van der Waals surface area contributed by atoms with Gasteiger partial charge in [-0.25, -0.2) is 13.1 Å². The van der Waals surface area contributed by atoms with E-state index < -0.39 is 10.0 Å². The number of rotatable bonds is 10. The predicted octanol–water partition coefficient (Wildman–Crippen LogP) is 4.73. The summed E-state index contributed by atoms with van der Waals surface area (Å²) in [6, 6.07) is 23.7. The first-order valence-electron chi connectivity index (χ1n) is 10.1. The molecule has 2 atom stereocenters. The fraction of sp³-hybridized carbons (Fsp3) is 0.240. The van der Waals surface area contributed by atoms with Gasteiger partial charge in [-0.05, 0) is 61.9 Å². The van der Waals surface area contributed by atoms with Crippen molar-refractivity contribution in [1.29, 1.82) is 0 Å². The van der Waals surface area contributed by atoms with E-state index in [9.17, 15) is 8.42 Å². The van der Waals surface area contributed by atoms with E-state index in [0.29, 0.717) is 12.8 Å². The second kappa shape index (κ2) is 10.4. The van der Waals surface area contributed by atoms with Crippen LogP contribution >= 0.6 is 0 Å². The SMILES string of the molecule is C=N[C@H](C[C@H](Cc1ccccc1)NS(=O)(=O)c1ccc(C)cc1)c1ccc(OC)cc1. The molecule has 0 saturated heterocycles. The van der Waals surface area contributed by atoms with Gasteiger partial charge in [0.05, 0.1) is 18.0 Å². The van der Waals surface area contributed by atoms with Crippen molar-refractivity contribution in [2.75, 3.05) is 7.11 Å². The molecule has 0 aliphatic carbocycles. The third-order valence-corrected chi connectivity index (χ3v) is 6.74. The number of hydrogen-bond donors (Lipinski definition) is 1. The van der Waals surface area contributed by atoms with Crippen LogP contribution in [0.15, 0.2) is 88.8 Å². The van der Waals surface area contributed by atoms with Crippen LogP contribution in [0.3, 0.4) is 0 Å². The van der Waals surface area contributed by atoms with E-state index in [2.05, 4.69) is 16.4 Å². The molecule has 0 amide bonds. The molecule has 3 aromatic carbocycles. The van der Waals surface area contributed by atoms with Crippen molar-refractivity contribution in [1.82, 2.24) is 4.72 Å². The van der Waals surface area contributed by atoms with Gasteiger partial charge in [0.2, 0.25) is 10.0 Å². The molecule has 0 saturated carbocycles. The van der Waals surface area contributed by atoms with E-state index >= 15 is 0 Å². The number of hydrogen-bond acceptors (Lipinski definition) is 4. The van der Waals surface area contributed by atoms with Crippen LogP contribution in [0.25, 0.3) is 0 Å². The maximum absolute atomic E-state index is 13.1. The van der Waals surface area contributed by atoms with Crippen LogP contribution < -0.4 is 9.46 Å². The van der Waals surface area contributed by atoms with Crippen molar-refractivity contribution in [3.8, 4) is 5.75 Å². The Hall–Kier alpha value is -2.96. The average molecular weight is 437 g/mol. The second-order valence-electron chi connectivity index (χ2n) is 7.53. The lowest BCUT2D eigenvalue weighted by molar-refractivity contribution is 0.414. The Bertz CT molecular complexity index is 1080. The molecule has 3 rings (SSSR count). The van der Waals surface area contributed by atoms with Crippen molar-refractivity contribution < 1.29 is 13.2 Å². The highest BCUT2D eigenvalue weighted by molar-refractivity contribution is 7.89. The fourth-order valence-corrected chi connectivity index (χ4v) is 4.74. The molecule has 0 bridgehead atoms. The summed E-state index contributed by atoms with van der Waals surface area (Å²) in [5.41, 5.74) is 3.02. The average Bonchev–Trinajstić information content (AvgIpc) is 2.78. The molecule has 0 heterocycles. The molecule has 0 aliphatic heterocycles. The Kier molecular flexibility index (Phi) is 7.60. The Balaban J connectivity index is 1.85. The quantitative estimate of drug-likeness (QED) is 0.468. The molecule has 0 aromatic heterocycles. The lowest BCUT2D eigenvalue weighted by Gasteiger charge is -2.23. The fourth-order valence-electron chi connectivity index (χ4n) is 3.49. The summed E-state index contributed by atoms with van der Waals surface area (Å²) in [5, 5.41) is 0. The van der Waals surface area contributed by atoms with Gasteiger partial charge in [0, 0.05) is 6.04 Å². The number of ether oxygens (including phenoxy) is 1. The predicted molar refractivity (Wildman–Crippen MR) is 125 cm³/mol. The summed E-state index contributed by atoms with van der Waals surface area (Å²) in [6.45, 7) is 5.67. The first-order valence-corrected chi connectivity index (χ1v) is 11.6. The van der Waals surface area contributed by atoms with Crippen LogP contribution in [0.4, 0.5) is 0 Å². The van der Waals surface area contributed by atoms with Crippen LogP contribution in [-0.2, 0) is 16.4 Å². The van der Waals surface area contributed by atoms with Crippen molar-refractivity contribution in [2.24, 2.45) is 4.99 Å². The van der Waals surface area contributed by atoms with Gasteiger partial charge in [-0.3, -0.25) is 4.99 Å². The molecule has 0 fully saturated rings. The van der Waals surface area contributed by atoms with Gasteiger partial charge in [-0.2, -0.15) is 0 Å². The standard InChI is InChI=1S/C25H28N2O3S/c1-19-9-15-24(16-10-19)31(28,29)27-22(17-20-7-5-4-6-8-20)18-25(26-2)21-11-13-23(30-3)14-12-21/h4-16,22,25,27H,2,17-18H2,1,3H3/t22-,25+/m0/s1. The molecule has 0 unspecified atom stereocenters. The van der Waals surface area contributed by atoms with E-state index in [-0.39, 0.29) is 17.0 Å². The van der Waals surface area contributed by atoms with Gasteiger partial charge in [0.15, 0.2) is 0 Å². The molecular formula is C25H28N2O3S. The number of benzene rings is 3. The Morgan fingerprint density at radius 3 is 2.19 bits per heavy atom. The van der Waals surface area contributed by atoms with Gasteiger partial charge in [0.25, 0.3) is 0 Å². The lowest BCUT2D eigenvalue weighted by atomic mass is 9.96. The van der Waals surface area contributed by atoms with Crippen LogP contribution in [-0.4, -0.2) is 28.3 Å². The Morgan fingerprint density at radius 1 is 0.968 bits per heavy atom. The molecular weight excluding hydrogens is 408 g/mol. The molecule has 0 spiro atoms. The Morgan fingerprint density at radius 2 is 1.61 bits per heavy atom. The number of methoxy groups -OCH3 is 1. The van der Waals surface area contributed by atoms with E-state index in [1.165, 1.54) is 0 Å². The van der Waals surface area contributed by atoms with Crippen LogP contribution in [0.2, 0.25) is 0 Å². The molecule has 0 aliphatic rings. The number of nitrogens with one attached hydrogen (secondary N) is 1. The first-order chi connectivity index (χ1) is 14.9. The molecule has 0 radical (unpaired) electrons. The Labute approximate surface area is 184 Å². The zero-order valence-corrected chi connectivity index (χ0v) is 18.7. The van der Waals surface area contributed by atoms with Crippen molar-refractivity contribution >= 4 is 16.7 Å². The maximum atomic E-state index is 13.1. The topological polar surface area (TPSA) is 67.8 Å². The largest absolute Gasteiger partial charge is 0.497 e. The summed E-state index contributed by atoms with van der Waals surface area (Å²) in [7, 11) is -2.06. The summed E-state index contributed by atoms with van der Waals surface area (Å²) in [5.74, 6) is 0.757. The maximum Gasteiger partial charge on any atom is 0.240 e. The molecule has 1 N–H and O–H groups in total. The third kappa shape index (κ3) is 6.26. The highest BCUT2D eigenvalue weighted by Crippen LogP contribution is 2.26. The van der Waals surface area contributed by atoms with E-state index in [1.807, 2.05) is 61.5 Å². The van der Waals surface area contributed by atoms with Crippen LogP contribution in [0, 0.1) is 6.92 Å². The summed E-state index contributed by atoms with van der Waals surface area (Å²) in [6.07, 6.45) is 1.03. The highest BCUT2D eigenvalue weighted by atomic mass is 32.2. The van der Waals surface area contributed by atoms with Crippen molar-refractivity contribution in [3.05, 3.63) is 95.6 Å². The number of nitrogens with zero attached hydrogens (tertiary/aromatic N) is 1. The van der Waals surface area contributed by atoms with Crippen LogP contribution in [0.1, 0.15) is 29.2 Å². The van der Waals surface area contributed by atoms with Crippen LogP contribution in [0.5, 0.6) is 5.75 Å². The smallest absolute Gasteiger partial charge is 0.240 e. The van der Waals surface area contributed by atoms with E-state index in [1.54, 1.807) is 31.4 Å². The number of aliphatic imine (C=N–C) groups is 1. The van der Waals surface area contributed by atoms with Gasteiger partial charge in [-0.1, -0.05) is 60.2 Å². The zero-order valence-electron chi connectivity index (χ0n) is 17.9. The van der Waals surface area contributed by atoms with Gasteiger partial charge in [0.1, 0.15) is 5.75 Å². The van der Waals surface area contributed by atoms with Gasteiger partial charge < -0.3 is 4.74 Å². The van der Waals surface area contributed by atoms with E-state index in [0.717, 1.165) is 22.4 Å². The minimum atomic E-state index is -3.68. The minimum absolute atomic E-state index is 0.250. The highest BCUT2D eigenvalue weighted by Gasteiger charge is 2.24. The second-order valence-corrected chi connectivity index (χ2v) is 9.24. The molecule has 5 nitrogen and oxygen atoms in total. The number of sulfonamides is 1. The molecule has 6 heteroatoms. The first kappa shape index (κ1) is 22.7. The molecule has 3 aromatic rings. The normalized spacial score (nSPS) is 13.4. The monoisotopic (exact) mass is 436 g/mol. The zero-order chi connectivity index (χ0) is 22.3. The molecule has 31 heavy (non-hydrogen) atoms. The summed E-state index contributed by atoms with van der Waals surface area (Å²) < 4.78 is 34.2. The number of aryl methyl sites for hydroxylation is 1. The van der Waals surface area contributed by atoms with Gasteiger partial charge >= 0.3 is 0 Å². The minimum Gasteiger partial charge on any atom is -0.497 e. The molecule has 162 valence electrons. The van der Waals surface area contributed by atoms with E-state index in [4.69, 9.17) is 4.74 Å². The third-order valence-electron chi connectivity index (χ3n) is 5.21. The van der Waals surface area contributed by atoms with Crippen molar-refractivity contribution in [2.45, 2.75) is 36.7 Å².